The van der Waals surface area contributed by atoms with Crippen molar-refractivity contribution in [3.8, 4) is 11.5 Å². The fraction of sp³-hybridized carbons (Fsp3) is 0.115. The van der Waals surface area contributed by atoms with E-state index in [2.05, 4.69) is 15.5 Å². The zero-order valence-corrected chi connectivity index (χ0v) is 22.4. The zero-order chi connectivity index (χ0) is 27.6. The quantitative estimate of drug-likeness (QED) is 0.156. The number of benzene rings is 4. The first-order valence-electron chi connectivity index (χ1n) is 11.1. The van der Waals surface area contributed by atoms with E-state index in [-0.39, 0.29) is 44.7 Å². The molecule has 3 N–H and O–H groups in total. The summed E-state index contributed by atoms with van der Waals surface area (Å²) in [6, 6.07) is 15.7. The Hall–Kier alpha value is -3.70. The molecule has 0 bridgehead atoms. The maximum atomic E-state index is 13.2. The first-order valence-corrected chi connectivity index (χ1v) is 13.3. The van der Waals surface area contributed by atoms with Crippen LogP contribution in [0.4, 0.5) is 17.1 Å². The molecule has 0 unspecified atom stereocenters. The fourth-order valence-corrected chi connectivity index (χ4v) is 5.35. The number of carbonyl (C=O) groups is 1. The van der Waals surface area contributed by atoms with E-state index in [1.807, 2.05) is 0 Å². The first-order chi connectivity index (χ1) is 18.0. The van der Waals surface area contributed by atoms with Gasteiger partial charge in [0.25, 0.3) is 16.0 Å². The third-order valence-electron chi connectivity index (χ3n) is 5.71. The van der Waals surface area contributed by atoms with E-state index in [0.29, 0.717) is 16.5 Å². The van der Waals surface area contributed by atoms with Crippen LogP contribution in [0, 0.1) is 0 Å². The number of phenols is 1. The zero-order valence-electron chi connectivity index (χ0n) is 20.1. The largest absolute Gasteiger partial charge is 0.505 e. The molecule has 9 nitrogen and oxygen atoms in total. The van der Waals surface area contributed by atoms with Gasteiger partial charge in [-0.05, 0) is 47.7 Å². The molecule has 0 fully saturated rings. The predicted octanol–water partition coefficient (Wildman–Crippen LogP) is 7.34. The minimum absolute atomic E-state index is 0.0840. The number of fused-ring (bicyclic) bond motifs is 1. The van der Waals surface area contributed by atoms with Gasteiger partial charge in [0.15, 0.2) is 5.75 Å². The lowest BCUT2D eigenvalue weighted by molar-refractivity contribution is 0.102. The van der Waals surface area contributed by atoms with Crippen molar-refractivity contribution in [3.05, 3.63) is 81.8 Å². The smallest absolute Gasteiger partial charge is 0.297 e. The number of nitrogens with zero attached hydrogens (tertiary/aromatic N) is 2. The van der Waals surface area contributed by atoms with Gasteiger partial charge in [0.05, 0.1) is 23.4 Å². The summed E-state index contributed by atoms with van der Waals surface area (Å²) in [4.78, 5) is 12.7. The van der Waals surface area contributed by atoms with Crippen molar-refractivity contribution in [2.45, 2.75) is 18.2 Å². The van der Waals surface area contributed by atoms with Crippen molar-refractivity contribution in [1.82, 2.24) is 0 Å². The van der Waals surface area contributed by atoms with Crippen LogP contribution in [0.5, 0.6) is 11.5 Å². The number of nitrogens with one attached hydrogen (secondary N) is 1. The molecule has 4 rings (SSSR count). The number of phenolic OH excluding ortho intramolecular Hbond substituents is 1. The molecule has 0 heterocycles. The minimum Gasteiger partial charge on any atom is -0.505 e. The summed E-state index contributed by atoms with van der Waals surface area (Å²) in [6.07, 6.45) is 0.202. The Morgan fingerprint density at radius 3 is 2.42 bits per heavy atom. The predicted molar refractivity (Wildman–Crippen MR) is 146 cm³/mol. The van der Waals surface area contributed by atoms with Gasteiger partial charge in [0.2, 0.25) is 0 Å². The number of hydrogen-bond donors (Lipinski definition) is 3. The number of ether oxygens (including phenoxy) is 1. The number of hydrogen-bond acceptors (Lipinski definition) is 7. The molecule has 0 saturated carbocycles. The van der Waals surface area contributed by atoms with Crippen LogP contribution < -0.4 is 10.1 Å². The number of carbonyl (C=O) groups excluding carboxylic acids is 1. The van der Waals surface area contributed by atoms with Gasteiger partial charge in [0, 0.05) is 16.5 Å². The third-order valence-corrected chi connectivity index (χ3v) is 7.37. The summed E-state index contributed by atoms with van der Waals surface area (Å²) in [5.41, 5.74) is 0.0345. The van der Waals surface area contributed by atoms with E-state index in [4.69, 9.17) is 27.9 Å². The molecule has 0 aliphatic carbocycles. The van der Waals surface area contributed by atoms with E-state index in [1.165, 1.54) is 31.4 Å². The van der Waals surface area contributed by atoms with Gasteiger partial charge >= 0.3 is 0 Å². The second-order valence-corrected chi connectivity index (χ2v) is 10.2. The average Bonchev–Trinajstić information content (AvgIpc) is 2.88. The molecule has 1 amide bonds. The highest BCUT2D eigenvalue weighted by Gasteiger charge is 2.23. The average molecular weight is 574 g/mol. The molecule has 0 aliphatic heterocycles. The molecule has 0 aliphatic rings. The summed E-state index contributed by atoms with van der Waals surface area (Å²) in [7, 11) is -3.24. The van der Waals surface area contributed by atoms with Crippen molar-refractivity contribution < 1.29 is 27.6 Å². The molecule has 0 saturated heterocycles. The lowest BCUT2D eigenvalue weighted by Crippen LogP contribution is -2.12. The second-order valence-electron chi connectivity index (χ2n) is 8.05. The highest BCUT2D eigenvalue weighted by molar-refractivity contribution is 7.86. The maximum Gasteiger partial charge on any atom is 0.297 e. The molecule has 4 aromatic rings. The monoisotopic (exact) mass is 573 g/mol. The normalized spacial score (nSPS) is 11.7. The minimum atomic E-state index is -4.71. The number of anilines is 1. The number of amides is 1. The molecule has 0 spiro atoms. The highest BCUT2D eigenvalue weighted by Crippen LogP contribution is 2.41. The van der Waals surface area contributed by atoms with Crippen LogP contribution in [0.25, 0.3) is 10.8 Å². The second kappa shape index (κ2) is 11.0. The van der Waals surface area contributed by atoms with Crippen LogP contribution in [0.1, 0.15) is 22.8 Å². The molecular weight excluding hydrogens is 553 g/mol. The van der Waals surface area contributed by atoms with Crippen molar-refractivity contribution in [2.24, 2.45) is 10.2 Å². The standard InChI is InChI=1S/C26H21Cl2N3O6S/c1-3-16-19(27)10-11-21(25(16)38(34,35)36)30-31-23-17-7-5-4-6-14(17)12-18(24(23)32)26(33)29-22-13-15(37-2)8-9-20(22)28/h4-13,32H,3H2,1-2H3,(H,29,33)(H,34,35,36). The van der Waals surface area contributed by atoms with E-state index < -0.39 is 26.7 Å². The van der Waals surface area contributed by atoms with Crippen molar-refractivity contribution in [1.29, 1.82) is 0 Å². The Balaban J connectivity index is 1.85. The maximum absolute atomic E-state index is 13.2. The van der Waals surface area contributed by atoms with Crippen LogP contribution in [0.15, 0.2) is 75.8 Å². The Morgan fingerprint density at radius 1 is 1.03 bits per heavy atom. The molecule has 0 atom stereocenters. The lowest BCUT2D eigenvalue weighted by atomic mass is 10.0. The Kier molecular flexibility index (Phi) is 7.89. The SMILES string of the molecule is CCc1c(Cl)ccc(N=Nc2c(O)c(C(=O)Nc3cc(OC)ccc3Cl)cc3ccccc23)c1S(=O)(=O)O. The van der Waals surface area contributed by atoms with Crippen LogP contribution in [-0.2, 0) is 16.5 Å². The summed E-state index contributed by atoms with van der Waals surface area (Å²) >= 11 is 12.3. The number of methoxy groups -OCH3 is 1. The van der Waals surface area contributed by atoms with Crippen LogP contribution >= 0.6 is 23.2 Å². The molecule has 4 aromatic carbocycles. The molecule has 12 heteroatoms. The van der Waals surface area contributed by atoms with Crippen molar-refractivity contribution >= 4 is 67.1 Å². The van der Waals surface area contributed by atoms with E-state index in [1.54, 1.807) is 43.3 Å². The molecule has 38 heavy (non-hydrogen) atoms. The Labute approximate surface area is 228 Å². The van der Waals surface area contributed by atoms with Crippen LogP contribution in [0.2, 0.25) is 10.0 Å². The number of azo groups is 1. The van der Waals surface area contributed by atoms with Gasteiger partial charge in [-0.1, -0.05) is 54.4 Å². The van der Waals surface area contributed by atoms with Gasteiger partial charge in [0.1, 0.15) is 22.0 Å². The molecule has 0 aromatic heterocycles. The lowest BCUT2D eigenvalue weighted by Gasteiger charge is -2.13. The van der Waals surface area contributed by atoms with Gasteiger partial charge < -0.3 is 15.2 Å². The summed E-state index contributed by atoms with van der Waals surface area (Å²) in [6.45, 7) is 1.67. The molecular formula is C26H21Cl2N3O6S. The Morgan fingerprint density at radius 2 is 1.74 bits per heavy atom. The first kappa shape index (κ1) is 27.3. The fourth-order valence-electron chi connectivity index (χ4n) is 3.90. The summed E-state index contributed by atoms with van der Waals surface area (Å²) < 4.78 is 39.3. The summed E-state index contributed by atoms with van der Waals surface area (Å²) in [5, 5.41) is 23.3. The van der Waals surface area contributed by atoms with Crippen LogP contribution in [-0.4, -0.2) is 31.1 Å². The van der Waals surface area contributed by atoms with Gasteiger partial charge in [-0.2, -0.15) is 8.42 Å². The van der Waals surface area contributed by atoms with Crippen molar-refractivity contribution in [3.63, 3.8) is 0 Å². The van der Waals surface area contributed by atoms with Crippen LogP contribution in [0.3, 0.4) is 0 Å². The van der Waals surface area contributed by atoms with Gasteiger partial charge in [-0.25, -0.2) is 0 Å². The number of aromatic hydroxyl groups is 1. The summed E-state index contributed by atoms with van der Waals surface area (Å²) in [5.74, 6) is -0.716. The van der Waals surface area contributed by atoms with E-state index in [9.17, 15) is 22.9 Å². The Bertz CT molecular complexity index is 1710. The molecule has 0 radical (unpaired) electrons. The number of rotatable bonds is 7. The van der Waals surface area contributed by atoms with E-state index in [0.717, 1.165) is 0 Å². The topological polar surface area (TPSA) is 138 Å². The highest BCUT2D eigenvalue weighted by atomic mass is 35.5. The van der Waals surface area contributed by atoms with E-state index >= 15 is 0 Å². The van der Waals surface area contributed by atoms with Gasteiger partial charge in [-0.15, -0.1) is 10.2 Å². The number of halogens is 2. The third kappa shape index (κ3) is 5.44. The van der Waals surface area contributed by atoms with Gasteiger partial charge in [-0.3, -0.25) is 9.35 Å². The molecule has 196 valence electrons. The van der Waals surface area contributed by atoms with Crippen molar-refractivity contribution in [2.75, 3.05) is 12.4 Å².